The summed E-state index contributed by atoms with van der Waals surface area (Å²) in [6, 6.07) is 3.88. The lowest BCUT2D eigenvalue weighted by Gasteiger charge is -2.16. The van der Waals surface area contributed by atoms with Gasteiger partial charge in [0.25, 0.3) is 0 Å². The predicted octanol–water partition coefficient (Wildman–Crippen LogP) is 3.15. The van der Waals surface area contributed by atoms with Gasteiger partial charge in [-0.15, -0.1) is 0 Å². The molecule has 0 saturated heterocycles. The van der Waals surface area contributed by atoms with Crippen LogP contribution in [0.5, 0.6) is 0 Å². The van der Waals surface area contributed by atoms with E-state index in [9.17, 15) is 0 Å². The van der Waals surface area contributed by atoms with Crippen LogP contribution < -0.4 is 10.6 Å². The fourth-order valence-electron chi connectivity index (χ4n) is 2.16. The summed E-state index contributed by atoms with van der Waals surface area (Å²) in [7, 11) is 0. The van der Waals surface area contributed by atoms with E-state index in [1.165, 1.54) is 6.33 Å². The fourth-order valence-corrected chi connectivity index (χ4v) is 2.16. The average Bonchev–Trinajstić information content (AvgIpc) is 2.59. The summed E-state index contributed by atoms with van der Waals surface area (Å²) in [6.07, 6.45) is 3.81. The number of hydrogen-bond acceptors (Lipinski definition) is 7. The molecule has 0 amide bonds. The van der Waals surface area contributed by atoms with Crippen LogP contribution in [0.1, 0.15) is 31.5 Å². The fraction of sp³-hybridized carbons (Fsp3) is 0.412. The molecule has 0 spiro atoms. The first kappa shape index (κ1) is 17.8. The van der Waals surface area contributed by atoms with Crippen molar-refractivity contribution in [1.82, 2.24) is 15.0 Å². The molecule has 2 aromatic rings. The van der Waals surface area contributed by atoms with E-state index in [0.29, 0.717) is 54.9 Å². The summed E-state index contributed by atoms with van der Waals surface area (Å²) in [4.78, 5) is 12.9. The summed E-state index contributed by atoms with van der Waals surface area (Å²) in [5, 5.41) is 14.6. The molecule has 0 radical (unpaired) electrons. The zero-order valence-electron chi connectivity index (χ0n) is 14.4. The number of pyridine rings is 1. The van der Waals surface area contributed by atoms with Gasteiger partial charge < -0.3 is 20.8 Å². The van der Waals surface area contributed by atoms with Crippen molar-refractivity contribution in [1.29, 1.82) is 5.41 Å². The van der Waals surface area contributed by atoms with E-state index in [2.05, 4.69) is 25.6 Å². The highest BCUT2D eigenvalue weighted by Crippen LogP contribution is 2.25. The Morgan fingerprint density at radius 1 is 1.25 bits per heavy atom. The van der Waals surface area contributed by atoms with Gasteiger partial charge >= 0.3 is 0 Å². The third-order valence-corrected chi connectivity index (χ3v) is 3.40. The molecule has 2 rings (SSSR count). The Kier molecular flexibility index (Phi) is 6.62. The lowest BCUT2D eigenvalue weighted by Crippen LogP contribution is -2.16. The smallest absolute Gasteiger partial charge is 0.159 e. The minimum Gasteiger partial charge on any atom is -0.380 e. The molecule has 0 aliphatic rings. The second kappa shape index (κ2) is 8.93. The van der Waals surface area contributed by atoms with Crippen LogP contribution in [-0.4, -0.2) is 40.4 Å². The molecular weight excluding hydrogens is 304 g/mol. The zero-order chi connectivity index (χ0) is 17.4. The van der Waals surface area contributed by atoms with Gasteiger partial charge in [-0.05, 0) is 38.0 Å². The standard InChI is InChI=1S/C17H24N6O/c1-4-13(18)15-16(20-8-9-24-5-2)17(22-11-21-15)23-14-10-12(3)6-7-19-14/h6-7,10-11,18,20H,4-5,8-9H2,1-3H3,(H,19,21,22,23). The van der Waals surface area contributed by atoms with Crippen molar-refractivity contribution in [3.05, 3.63) is 35.9 Å². The van der Waals surface area contributed by atoms with Crippen LogP contribution in [0.2, 0.25) is 0 Å². The van der Waals surface area contributed by atoms with E-state index in [1.807, 2.05) is 32.9 Å². The third kappa shape index (κ3) is 4.73. The van der Waals surface area contributed by atoms with Crippen molar-refractivity contribution in [2.24, 2.45) is 0 Å². The van der Waals surface area contributed by atoms with Gasteiger partial charge in [-0.3, -0.25) is 0 Å². The second-order valence-electron chi connectivity index (χ2n) is 5.25. The van der Waals surface area contributed by atoms with Gasteiger partial charge in [0.2, 0.25) is 0 Å². The highest BCUT2D eigenvalue weighted by Gasteiger charge is 2.14. The van der Waals surface area contributed by atoms with Gasteiger partial charge in [-0.25, -0.2) is 15.0 Å². The normalized spacial score (nSPS) is 10.5. The first-order valence-corrected chi connectivity index (χ1v) is 8.09. The first-order chi connectivity index (χ1) is 11.7. The summed E-state index contributed by atoms with van der Waals surface area (Å²) in [6.45, 7) is 7.76. The van der Waals surface area contributed by atoms with Crippen molar-refractivity contribution in [2.45, 2.75) is 27.2 Å². The summed E-state index contributed by atoms with van der Waals surface area (Å²) in [5.74, 6) is 1.31. The number of ether oxygens (including phenoxy) is 1. The molecule has 7 nitrogen and oxygen atoms in total. The summed E-state index contributed by atoms with van der Waals surface area (Å²) < 4.78 is 5.37. The Balaban J connectivity index is 2.29. The highest BCUT2D eigenvalue weighted by atomic mass is 16.5. The van der Waals surface area contributed by atoms with Gasteiger partial charge in [0.05, 0.1) is 12.3 Å². The molecule has 24 heavy (non-hydrogen) atoms. The monoisotopic (exact) mass is 328 g/mol. The molecule has 0 unspecified atom stereocenters. The minimum atomic E-state index is 0.455. The lowest BCUT2D eigenvalue weighted by molar-refractivity contribution is 0.158. The van der Waals surface area contributed by atoms with Crippen molar-refractivity contribution < 1.29 is 4.74 Å². The second-order valence-corrected chi connectivity index (χ2v) is 5.25. The first-order valence-electron chi connectivity index (χ1n) is 8.09. The van der Waals surface area contributed by atoms with Crippen LogP contribution in [0, 0.1) is 12.3 Å². The quantitative estimate of drug-likeness (QED) is 0.483. The maximum Gasteiger partial charge on any atom is 0.159 e. The Labute approximate surface area is 142 Å². The maximum absolute atomic E-state index is 8.14. The van der Waals surface area contributed by atoms with Crippen LogP contribution in [0.4, 0.5) is 17.3 Å². The topological polar surface area (TPSA) is 95.8 Å². The Hall–Kier alpha value is -2.54. The van der Waals surface area contributed by atoms with Crippen molar-refractivity contribution in [2.75, 3.05) is 30.4 Å². The number of rotatable bonds is 9. The number of anilines is 3. The molecule has 2 heterocycles. The van der Waals surface area contributed by atoms with E-state index >= 15 is 0 Å². The van der Waals surface area contributed by atoms with E-state index < -0.39 is 0 Å². The van der Waals surface area contributed by atoms with Crippen molar-refractivity contribution >= 4 is 23.0 Å². The van der Waals surface area contributed by atoms with Crippen molar-refractivity contribution in [3.63, 3.8) is 0 Å². The van der Waals surface area contributed by atoms with Crippen LogP contribution >= 0.6 is 0 Å². The number of aromatic nitrogens is 3. The van der Waals surface area contributed by atoms with E-state index in [4.69, 9.17) is 10.1 Å². The minimum absolute atomic E-state index is 0.455. The highest BCUT2D eigenvalue weighted by molar-refractivity contribution is 6.03. The molecule has 7 heteroatoms. The molecule has 3 N–H and O–H groups in total. The Bertz CT molecular complexity index is 689. The maximum atomic E-state index is 8.14. The SMILES string of the molecule is CCOCCNc1c(Nc2cc(C)ccn2)ncnc1C(=N)CC. The van der Waals surface area contributed by atoms with Gasteiger partial charge in [-0.2, -0.15) is 0 Å². The molecular formula is C17H24N6O. The molecule has 2 aromatic heterocycles. The number of hydrogen-bond donors (Lipinski definition) is 3. The van der Waals surface area contributed by atoms with Crippen LogP contribution in [-0.2, 0) is 4.74 Å². The van der Waals surface area contributed by atoms with Gasteiger partial charge in [0, 0.05) is 19.3 Å². The third-order valence-electron chi connectivity index (χ3n) is 3.40. The molecule has 0 atom stereocenters. The van der Waals surface area contributed by atoms with Crippen LogP contribution in [0.15, 0.2) is 24.7 Å². The molecule has 0 bridgehead atoms. The lowest BCUT2D eigenvalue weighted by atomic mass is 10.1. The molecule has 128 valence electrons. The van der Waals surface area contributed by atoms with E-state index in [-0.39, 0.29) is 0 Å². The number of aryl methyl sites for hydroxylation is 1. The van der Waals surface area contributed by atoms with Gasteiger partial charge in [-0.1, -0.05) is 6.92 Å². The van der Waals surface area contributed by atoms with E-state index in [0.717, 1.165) is 5.56 Å². The van der Waals surface area contributed by atoms with Crippen LogP contribution in [0.3, 0.4) is 0 Å². The van der Waals surface area contributed by atoms with Crippen molar-refractivity contribution in [3.8, 4) is 0 Å². The summed E-state index contributed by atoms with van der Waals surface area (Å²) >= 11 is 0. The number of nitrogens with zero attached hydrogens (tertiary/aromatic N) is 3. The van der Waals surface area contributed by atoms with Crippen LogP contribution in [0.25, 0.3) is 0 Å². The number of nitrogens with one attached hydrogen (secondary N) is 3. The largest absolute Gasteiger partial charge is 0.380 e. The van der Waals surface area contributed by atoms with Gasteiger partial charge in [0.15, 0.2) is 5.82 Å². The predicted molar refractivity (Wildman–Crippen MR) is 96.4 cm³/mol. The van der Waals surface area contributed by atoms with Gasteiger partial charge in [0.1, 0.15) is 23.5 Å². The molecule has 0 saturated carbocycles. The van der Waals surface area contributed by atoms with E-state index in [1.54, 1.807) is 6.20 Å². The average molecular weight is 328 g/mol. The Morgan fingerprint density at radius 2 is 2.08 bits per heavy atom. The molecule has 0 fully saturated rings. The molecule has 0 aromatic carbocycles. The molecule has 0 aliphatic heterocycles. The summed E-state index contributed by atoms with van der Waals surface area (Å²) in [5.41, 5.74) is 2.86. The Morgan fingerprint density at radius 3 is 2.79 bits per heavy atom. The zero-order valence-corrected chi connectivity index (χ0v) is 14.4. The molecule has 0 aliphatic carbocycles.